The number of nitrogens with one attached hydrogen (secondary N) is 1. The van der Waals surface area contributed by atoms with E-state index in [0.717, 1.165) is 17.4 Å². The monoisotopic (exact) mass is 252 g/mol. The molecule has 0 aliphatic heterocycles. The second-order valence-electron chi connectivity index (χ2n) is 5.06. The summed E-state index contributed by atoms with van der Waals surface area (Å²) < 4.78 is 1.14. The molecule has 0 bridgehead atoms. The molecule has 1 atom stereocenters. The first-order valence-corrected chi connectivity index (χ1v) is 6.19. The van der Waals surface area contributed by atoms with Crippen LogP contribution in [0.3, 0.4) is 0 Å². The molecule has 5 heteroatoms. The molecule has 1 rings (SSSR count). The summed E-state index contributed by atoms with van der Waals surface area (Å²) in [4.78, 5) is 37.5. The van der Waals surface area contributed by atoms with Crippen LogP contribution in [0.15, 0.2) is 15.8 Å². The maximum absolute atomic E-state index is 12.0. The molecule has 1 heterocycles. The number of hydrogen-bond donors (Lipinski definition) is 1. The minimum atomic E-state index is -0.498. The molecule has 0 radical (unpaired) electrons. The van der Waals surface area contributed by atoms with Gasteiger partial charge in [-0.1, -0.05) is 13.8 Å². The molecule has 18 heavy (non-hydrogen) atoms. The largest absolute Gasteiger partial charge is 0.328 e. The standard InChI is InChI=1S/C13H20N2O3/c1-8(2)5-6-9(3)15-12(17)11(10(4)16)7-14-13(15)18/h7-9H,5-6H2,1-4H3,(H,14,18). The van der Waals surface area contributed by atoms with Crippen molar-refractivity contribution >= 4 is 5.78 Å². The lowest BCUT2D eigenvalue weighted by atomic mass is 10.0. The van der Waals surface area contributed by atoms with Gasteiger partial charge in [0, 0.05) is 12.2 Å². The Kier molecular flexibility index (Phi) is 4.64. The molecule has 5 nitrogen and oxygen atoms in total. The summed E-state index contributed by atoms with van der Waals surface area (Å²) >= 11 is 0. The predicted molar refractivity (Wildman–Crippen MR) is 70.1 cm³/mol. The van der Waals surface area contributed by atoms with Crippen molar-refractivity contribution in [1.82, 2.24) is 9.55 Å². The van der Waals surface area contributed by atoms with Crippen molar-refractivity contribution in [1.29, 1.82) is 0 Å². The molecule has 0 saturated heterocycles. The van der Waals surface area contributed by atoms with Gasteiger partial charge < -0.3 is 4.98 Å². The molecule has 0 amide bonds. The summed E-state index contributed by atoms with van der Waals surface area (Å²) in [6.07, 6.45) is 2.86. The summed E-state index contributed by atoms with van der Waals surface area (Å²) in [7, 11) is 0. The van der Waals surface area contributed by atoms with Crippen LogP contribution in [0.2, 0.25) is 0 Å². The van der Waals surface area contributed by atoms with Crippen molar-refractivity contribution in [2.75, 3.05) is 0 Å². The van der Waals surface area contributed by atoms with Crippen LogP contribution in [0.5, 0.6) is 0 Å². The van der Waals surface area contributed by atoms with E-state index in [1.165, 1.54) is 13.1 Å². The van der Waals surface area contributed by atoms with Crippen LogP contribution < -0.4 is 11.2 Å². The molecular formula is C13H20N2O3. The van der Waals surface area contributed by atoms with Gasteiger partial charge in [-0.3, -0.25) is 14.2 Å². The van der Waals surface area contributed by atoms with Crippen molar-refractivity contribution in [3.05, 3.63) is 32.6 Å². The Bertz CT molecular complexity index is 540. The van der Waals surface area contributed by atoms with E-state index in [0.29, 0.717) is 5.92 Å². The minimum Gasteiger partial charge on any atom is -0.313 e. The average molecular weight is 252 g/mol. The van der Waals surface area contributed by atoms with Gasteiger partial charge in [-0.05, 0) is 32.6 Å². The number of H-pyrrole nitrogens is 1. The fraction of sp³-hybridized carbons (Fsp3) is 0.615. The number of carbonyl (C=O) groups excluding carboxylic acids is 1. The number of Topliss-reactive ketones (excluding diaryl/α,β-unsaturated/α-hetero) is 1. The molecule has 0 aromatic carbocycles. The third-order valence-electron chi connectivity index (χ3n) is 2.99. The average Bonchev–Trinajstić information content (AvgIpc) is 2.25. The molecule has 0 aliphatic carbocycles. The first-order valence-electron chi connectivity index (χ1n) is 6.19. The number of nitrogens with zero attached hydrogens (tertiary/aromatic N) is 1. The smallest absolute Gasteiger partial charge is 0.313 e. The molecule has 1 unspecified atom stereocenters. The van der Waals surface area contributed by atoms with Crippen molar-refractivity contribution in [2.24, 2.45) is 5.92 Å². The van der Waals surface area contributed by atoms with Crippen LogP contribution in [-0.2, 0) is 0 Å². The minimum absolute atomic E-state index is 0.0333. The van der Waals surface area contributed by atoms with E-state index in [1.54, 1.807) is 0 Å². The van der Waals surface area contributed by atoms with E-state index in [2.05, 4.69) is 18.8 Å². The van der Waals surface area contributed by atoms with Gasteiger partial charge in [-0.15, -0.1) is 0 Å². The number of aromatic nitrogens is 2. The van der Waals surface area contributed by atoms with E-state index in [1.807, 2.05) is 6.92 Å². The summed E-state index contributed by atoms with van der Waals surface area (Å²) in [5, 5.41) is 0. The number of hydrogen-bond acceptors (Lipinski definition) is 3. The van der Waals surface area contributed by atoms with E-state index in [9.17, 15) is 14.4 Å². The second-order valence-corrected chi connectivity index (χ2v) is 5.06. The van der Waals surface area contributed by atoms with Gasteiger partial charge in [0.2, 0.25) is 0 Å². The van der Waals surface area contributed by atoms with E-state index in [-0.39, 0.29) is 17.4 Å². The van der Waals surface area contributed by atoms with Gasteiger partial charge in [0.1, 0.15) is 0 Å². The van der Waals surface area contributed by atoms with Crippen LogP contribution in [-0.4, -0.2) is 15.3 Å². The lowest BCUT2D eigenvalue weighted by molar-refractivity contribution is 0.101. The van der Waals surface area contributed by atoms with Crippen molar-refractivity contribution in [3.8, 4) is 0 Å². The normalized spacial score (nSPS) is 12.7. The third-order valence-corrected chi connectivity index (χ3v) is 2.99. The maximum atomic E-state index is 12.0. The van der Waals surface area contributed by atoms with Crippen LogP contribution >= 0.6 is 0 Å². The summed E-state index contributed by atoms with van der Waals surface area (Å²) in [5.74, 6) is 0.180. The molecule has 1 aromatic rings. The first-order chi connectivity index (χ1) is 8.34. The molecule has 0 saturated carbocycles. The Morgan fingerprint density at radius 3 is 2.39 bits per heavy atom. The Hall–Kier alpha value is -1.65. The fourth-order valence-corrected chi connectivity index (χ4v) is 1.84. The van der Waals surface area contributed by atoms with Gasteiger partial charge in [0.15, 0.2) is 5.78 Å². The highest BCUT2D eigenvalue weighted by atomic mass is 16.2. The Morgan fingerprint density at radius 2 is 1.89 bits per heavy atom. The Morgan fingerprint density at radius 1 is 1.28 bits per heavy atom. The van der Waals surface area contributed by atoms with Crippen LogP contribution in [0.25, 0.3) is 0 Å². The molecule has 1 N–H and O–H groups in total. The number of aromatic amines is 1. The lowest BCUT2D eigenvalue weighted by Crippen LogP contribution is -2.39. The molecule has 0 fully saturated rings. The number of rotatable bonds is 5. The highest BCUT2D eigenvalue weighted by molar-refractivity contribution is 5.93. The van der Waals surface area contributed by atoms with Crippen molar-refractivity contribution < 1.29 is 4.79 Å². The van der Waals surface area contributed by atoms with Gasteiger partial charge in [-0.25, -0.2) is 4.79 Å². The van der Waals surface area contributed by atoms with Gasteiger partial charge >= 0.3 is 5.69 Å². The number of ketones is 1. The van der Waals surface area contributed by atoms with Gasteiger partial charge in [-0.2, -0.15) is 0 Å². The molecule has 1 aromatic heterocycles. The SMILES string of the molecule is CC(=O)c1c[nH]c(=O)n(C(C)CCC(C)C)c1=O. The zero-order valence-corrected chi connectivity index (χ0v) is 11.3. The zero-order chi connectivity index (χ0) is 13.9. The fourth-order valence-electron chi connectivity index (χ4n) is 1.84. The highest BCUT2D eigenvalue weighted by Gasteiger charge is 2.15. The number of carbonyl (C=O) groups is 1. The quantitative estimate of drug-likeness (QED) is 0.811. The zero-order valence-electron chi connectivity index (χ0n) is 11.3. The van der Waals surface area contributed by atoms with Crippen LogP contribution in [0.4, 0.5) is 0 Å². The molecular weight excluding hydrogens is 232 g/mol. The molecule has 0 aliphatic rings. The predicted octanol–water partition coefficient (Wildman–Crippen LogP) is 1.74. The topological polar surface area (TPSA) is 71.9 Å². The maximum Gasteiger partial charge on any atom is 0.328 e. The van der Waals surface area contributed by atoms with Crippen molar-refractivity contribution in [3.63, 3.8) is 0 Å². The van der Waals surface area contributed by atoms with Crippen LogP contribution in [0, 0.1) is 5.92 Å². The molecule has 0 spiro atoms. The Labute approximate surface area is 106 Å². The lowest BCUT2D eigenvalue weighted by Gasteiger charge is -2.15. The summed E-state index contributed by atoms with van der Waals surface area (Å²) in [6, 6.07) is -0.206. The van der Waals surface area contributed by atoms with E-state index < -0.39 is 11.2 Å². The highest BCUT2D eigenvalue weighted by Crippen LogP contribution is 2.13. The van der Waals surface area contributed by atoms with E-state index in [4.69, 9.17) is 0 Å². The first kappa shape index (κ1) is 14.4. The Balaban J connectivity index is 3.15. The van der Waals surface area contributed by atoms with Gasteiger partial charge in [0.05, 0.1) is 5.56 Å². The summed E-state index contributed by atoms with van der Waals surface area (Å²) in [5.41, 5.74) is -0.922. The van der Waals surface area contributed by atoms with E-state index >= 15 is 0 Å². The van der Waals surface area contributed by atoms with Crippen LogP contribution in [0.1, 0.15) is 56.9 Å². The van der Waals surface area contributed by atoms with Gasteiger partial charge in [0.25, 0.3) is 5.56 Å². The molecule has 100 valence electrons. The second kappa shape index (κ2) is 5.80. The summed E-state index contributed by atoms with van der Waals surface area (Å²) in [6.45, 7) is 7.32. The third kappa shape index (κ3) is 3.18. The van der Waals surface area contributed by atoms with Crippen molar-refractivity contribution in [2.45, 2.75) is 46.6 Å².